The molecule has 10 nitrogen and oxygen atoms in total. The van der Waals surface area contributed by atoms with Gasteiger partial charge in [0.25, 0.3) is 5.91 Å². The molecule has 0 radical (unpaired) electrons. The summed E-state index contributed by atoms with van der Waals surface area (Å²) < 4.78 is 48.5. The van der Waals surface area contributed by atoms with E-state index in [1.807, 2.05) is 20.8 Å². The van der Waals surface area contributed by atoms with Crippen molar-refractivity contribution in [3.8, 4) is 11.3 Å². The number of hydrogen-bond donors (Lipinski definition) is 2. The number of nitrogen functional groups attached to an aromatic ring is 1. The first kappa shape index (κ1) is 29.0. The second-order valence-electron chi connectivity index (χ2n) is 11.8. The number of amides is 2. The third-order valence-corrected chi connectivity index (χ3v) is 8.53. The number of likely N-dealkylation sites (tertiary alicyclic amines) is 1. The second kappa shape index (κ2) is 10.1. The molecule has 220 valence electrons. The molecule has 5 rings (SSSR count). The number of ether oxygens (including phenoxy) is 1. The van der Waals surface area contributed by atoms with Crippen LogP contribution in [-0.4, -0.2) is 55.2 Å². The fourth-order valence-electron chi connectivity index (χ4n) is 5.70. The van der Waals surface area contributed by atoms with Crippen molar-refractivity contribution in [2.45, 2.75) is 64.4 Å². The summed E-state index contributed by atoms with van der Waals surface area (Å²) in [5.74, 6) is -0.606. The van der Waals surface area contributed by atoms with Crippen LogP contribution in [0.1, 0.15) is 67.6 Å². The standard InChI is InChI=1S/C27H31BrF3N7O3/c1-25(2,3)41-24(40)36-8-7-26(14-36)9-17(10-26)38-22(32)19(23(33)39)21(35-38)16-11-34-37(13-16)12-15-5-4-6-18(20(15)28)27(29,30)31/h4-6,11,13,17H,7-10,12,14,32H2,1-3H3,(H2,33,39). The third-order valence-electron chi connectivity index (χ3n) is 7.59. The van der Waals surface area contributed by atoms with Crippen LogP contribution in [0.4, 0.5) is 23.8 Å². The van der Waals surface area contributed by atoms with Gasteiger partial charge in [-0.3, -0.25) is 9.48 Å². The fraction of sp³-hybridized carbons (Fsp3) is 0.481. The molecule has 2 amide bonds. The fourth-order valence-corrected chi connectivity index (χ4v) is 6.32. The SMILES string of the molecule is CC(C)(C)OC(=O)N1CCC2(CC(n3nc(-c4cnn(Cc5cccc(C(F)(F)F)c5Br)c4)c(C(N)=O)c3N)C2)C1. The van der Waals surface area contributed by atoms with Crippen LogP contribution in [0, 0.1) is 5.41 Å². The van der Waals surface area contributed by atoms with Gasteiger partial charge in [-0.25, -0.2) is 9.48 Å². The Morgan fingerprint density at radius 2 is 1.93 bits per heavy atom. The van der Waals surface area contributed by atoms with Gasteiger partial charge in [0.15, 0.2) is 0 Å². The number of nitrogens with zero attached hydrogens (tertiary/aromatic N) is 5. The molecule has 3 heterocycles. The lowest BCUT2D eigenvalue weighted by Crippen LogP contribution is -2.43. The van der Waals surface area contributed by atoms with Crippen LogP contribution < -0.4 is 11.5 Å². The largest absolute Gasteiger partial charge is 0.444 e. The summed E-state index contributed by atoms with van der Waals surface area (Å²) in [6.45, 7) is 6.73. The van der Waals surface area contributed by atoms with Gasteiger partial charge in [0, 0.05) is 29.3 Å². The van der Waals surface area contributed by atoms with E-state index in [1.54, 1.807) is 21.8 Å². The van der Waals surface area contributed by atoms with Crippen molar-refractivity contribution in [1.29, 1.82) is 0 Å². The maximum atomic E-state index is 13.3. The summed E-state index contributed by atoms with van der Waals surface area (Å²) >= 11 is 3.07. The number of carbonyl (C=O) groups is 2. The molecule has 3 aromatic rings. The zero-order chi connectivity index (χ0) is 29.9. The lowest BCUT2D eigenvalue weighted by atomic mass is 9.65. The van der Waals surface area contributed by atoms with Crippen molar-refractivity contribution in [3.63, 3.8) is 0 Å². The zero-order valence-electron chi connectivity index (χ0n) is 22.8. The minimum absolute atomic E-state index is 0.0475. The van der Waals surface area contributed by atoms with E-state index in [0.717, 1.165) is 25.3 Å². The van der Waals surface area contributed by atoms with Crippen LogP contribution in [-0.2, 0) is 17.5 Å². The molecule has 2 aliphatic rings. The highest BCUT2D eigenvalue weighted by molar-refractivity contribution is 9.10. The van der Waals surface area contributed by atoms with Gasteiger partial charge in [-0.1, -0.05) is 12.1 Å². The van der Waals surface area contributed by atoms with E-state index in [1.165, 1.54) is 16.9 Å². The average molecular weight is 638 g/mol. The molecule has 1 aliphatic carbocycles. The van der Waals surface area contributed by atoms with E-state index in [2.05, 4.69) is 26.1 Å². The van der Waals surface area contributed by atoms with Crippen molar-refractivity contribution in [1.82, 2.24) is 24.5 Å². The first-order valence-electron chi connectivity index (χ1n) is 13.1. The predicted molar refractivity (Wildman–Crippen MR) is 148 cm³/mol. The molecule has 1 saturated heterocycles. The Hall–Kier alpha value is -3.55. The lowest BCUT2D eigenvalue weighted by molar-refractivity contribution is -0.138. The van der Waals surface area contributed by atoms with Crippen molar-refractivity contribution >= 4 is 33.7 Å². The molecule has 1 aromatic carbocycles. The first-order chi connectivity index (χ1) is 19.1. The molecule has 14 heteroatoms. The van der Waals surface area contributed by atoms with Crippen molar-refractivity contribution in [2.24, 2.45) is 11.1 Å². The molecule has 0 atom stereocenters. The number of hydrogen-bond acceptors (Lipinski definition) is 6. The Balaban J connectivity index is 1.34. The molecule has 41 heavy (non-hydrogen) atoms. The van der Waals surface area contributed by atoms with Crippen molar-refractivity contribution < 1.29 is 27.5 Å². The van der Waals surface area contributed by atoms with Crippen LogP contribution in [0.15, 0.2) is 35.1 Å². The van der Waals surface area contributed by atoms with Crippen molar-refractivity contribution in [3.05, 3.63) is 51.8 Å². The van der Waals surface area contributed by atoms with Gasteiger partial charge in [0.2, 0.25) is 0 Å². The summed E-state index contributed by atoms with van der Waals surface area (Å²) in [7, 11) is 0. The number of primary amides is 1. The predicted octanol–water partition coefficient (Wildman–Crippen LogP) is 5.22. The molecule has 1 saturated carbocycles. The van der Waals surface area contributed by atoms with Gasteiger partial charge in [0.1, 0.15) is 22.7 Å². The third kappa shape index (κ3) is 5.66. The Kier molecular flexibility index (Phi) is 7.11. The Morgan fingerprint density at radius 3 is 2.56 bits per heavy atom. The maximum Gasteiger partial charge on any atom is 0.417 e. The monoisotopic (exact) mass is 637 g/mol. The minimum atomic E-state index is -4.50. The van der Waals surface area contributed by atoms with Crippen LogP contribution in [0.25, 0.3) is 11.3 Å². The van der Waals surface area contributed by atoms with Gasteiger partial charge in [-0.05, 0) is 73.0 Å². The minimum Gasteiger partial charge on any atom is -0.444 e. The quantitative estimate of drug-likeness (QED) is 0.394. The number of anilines is 1. The Bertz CT molecular complexity index is 1500. The summed E-state index contributed by atoms with van der Waals surface area (Å²) in [6, 6.07) is 3.82. The van der Waals surface area contributed by atoms with Gasteiger partial charge >= 0.3 is 12.3 Å². The highest BCUT2D eigenvalue weighted by atomic mass is 79.9. The maximum absolute atomic E-state index is 13.3. The average Bonchev–Trinajstić information content (AvgIpc) is 3.54. The summed E-state index contributed by atoms with van der Waals surface area (Å²) in [5.41, 5.74) is 11.8. The van der Waals surface area contributed by atoms with E-state index in [0.29, 0.717) is 24.2 Å². The lowest BCUT2D eigenvalue weighted by Gasteiger charge is -2.45. The van der Waals surface area contributed by atoms with Gasteiger partial charge in [-0.2, -0.15) is 23.4 Å². The number of carbonyl (C=O) groups excluding carboxylic acids is 2. The highest BCUT2D eigenvalue weighted by Gasteiger charge is 2.51. The van der Waals surface area contributed by atoms with Crippen LogP contribution in [0.2, 0.25) is 0 Å². The zero-order valence-corrected chi connectivity index (χ0v) is 24.4. The Morgan fingerprint density at radius 1 is 1.22 bits per heavy atom. The number of rotatable bonds is 5. The van der Waals surface area contributed by atoms with E-state index in [9.17, 15) is 22.8 Å². The number of benzene rings is 1. The highest BCUT2D eigenvalue weighted by Crippen LogP contribution is 2.55. The molecule has 2 aromatic heterocycles. The molecule has 2 fully saturated rings. The first-order valence-corrected chi connectivity index (χ1v) is 13.9. The van der Waals surface area contributed by atoms with E-state index in [4.69, 9.17) is 16.2 Å². The Labute approximate surface area is 242 Å². The topological polar surface area (TPSA) is 134 Å². The molecule has 1 aliphatic heterocycles. The molecule has 0 unspecified atom stereocenters. The smallest absolute Gasteiger partial charge is 0.417 e. The molecule has 1 spiro atoms. The molecular formula is C27H31BrF3N7O3. The van der Waals surface area contributed by atoms with Crippen LogP contribution >= 0.6 is 15.9 Å². The van der Waals surface area contributed by atoms with Crippen LogP contribution in [0.3, 0.4) is 0 Å². The van der Waals surface area contributed by atoms with Gasteiger partial charge in [0.05, 0.1) is 24.3 Å². The van der Waals surface area contributed by atoms with E-state index in [-0.39, 0.29) is 45.6 Å². The molecule has 4 N–H and O–H groups in total. The van der Waals surface area contributed by atoms with Crippen molar-refractivity contribution in [2.75, 3.05) is 18.8 Å². The number of halogens is 4. The van der Waals surface area contributed by atoms with Gasteiger partial charge in [-0.15, -0.1) is 0 Å². The summed E-state index contributed by atoms with van der Waals surface area (Å²) in [4.78, 5) is 26.7. The molecular weight excluding hydrogens is 607 g/mol. The second-order valence-corrected chi connectivity index (χ2v) is 12.6. The number of aromatic nitrogens is 4. The van der Waals surface area contributed by atoms with E-state index >= 15 is 0 Å². The number of alkyl halides is 3. The van der Waals surface area contributed by atoms with E-state index < -0.39 is 23.2 Å². The van der Waals surface area contributed by atoms with Gasteiger partial charge < -0.3 is 21.1 Å². The number of nitrogens with two attached hydrogens (primary N) is 2. The summed E-state index contributed by atoms with van der Waals surface area (Å²) in [5, 5.41) is 8.91. The normalized spacial score (nSPS) is 20.9. The summed E-state index contributed by atoms with van der Waals surface area (Å²) in [6.07, 6.45) is 0.497. The van der Waals surface area contributed by atoms with Crippen LogP contribution in [0.5, 0.6) is 0 Å². The molecule has 0 bridgehead atoms.